The highest BCUT2D eigenvalue weighted by atomic mass is 32.2. The van der Waals surface area contributed by atoms with Crippen LogP contribution in [0.4, 0.5) is 20.3 Å². The summed E-state index contributed by atoms with van der Waals surface area (Å²) >= 11 is 0. The molecule has 11 heteroatoms. The zero-order chi connectivity index (χ0) is 20.3. The lowest BCUT2D eigenvalue weighted by molar-refractivity contribution is -0.117. The summed E-state index contributed by atoms with van der Waals surface area (Å²) < 4.78 is 53.0. The van der Waals surface area contributed by atoms with Crippen molar-refractivity contribution in [1.82, 2.24) is 10.1 Å². The number of amides is 1. The molecular formula is C17H20F2N4O4S. The Kier molecular flexibility index (Phi) is 5.94. The maximum absolute atomic E-state index is 12.6. The minimum Gasteiger partial charge on any atom is -0.369 e. The van der Waals surface area contributed by atoms with Crippen LogP contribution in [0.5, 0.6) is 0 Å². The number of nitrogens with zero attached hydrogens (tertiary/aromatic N) is 3. The Bertz CT molecular complexity index is 923. The molecule has 3 rings (SSSR count). The molecule has 1 aromatic carbocycles. The van der Waals surface area contributed by atoms with E-state index in [-0.39, 0.29) is 12.5 Å². The van der Waals surface area contributed by atoms with Crippen molar-refractivity contribution in [3.63, 3.8) is 0 Å². The van der Waals surface area contributed by atoms with E-state index in [1.54, 1.807) is 13.0 Å². The first-order chi connectivity index (χ1) is 13.3. The van der Waals surface area contributed by atoms with Crippen LogP contribution in [0.25, 0.3) is 0 Å². The van der Waals surface area contributed by atoms with Gasteiger partial charge < -0.3 is 14.7 Å². The van der Waals surface area contributed by atoms with Gasteiger partial charge in [-0.25, -0.2) is 8.42 Å². The lowest BCUT2D eigenvalue weighted by atomic mass is 10.2. The highest BCUT2D eigenvalue weighted by Gasteiger charge is 2.27. The van der Waals surface area contributed by atoms with Gasteiger partial charge in [-0.3, -0.25) is 9.69 Å². The van der Waals surface area contributed by atoms with Gasteiger partial charge in [0.15, 0.2) is 5.82 Å². The summed E-state index contributed by atoms with van der Waals surface area (Å²) in [4.78, 5) is 15.7. The third-order valence-electron chi connectivity index (χ3n) is 4.40. The normalized spacial score (nSPS) is 15.8. The molecule has 0 radical (unpaired) electrons. The fraction of sp³-hybridized carbons (Fsp3) is 0.412. The fourth-order valence-corrected chi connectivity index (χ4v) is 3.65. The van der Waals surface area contributed by atoms with Crippen LogP contribution in [0.2, 0.25) is 0 Å². The molecule has 1 N–H and O–H groups in total. The Labute approximate surface area is 161 Å². The first kappa shape index (κ1) is 20.2. The molecule has 0 aliphatic carbocycles. The van der Waals surface area contributed by atoms with Gasteiger partial charge in [0.2, 0.25) is 15.7 Å². The maximum Gasteiger partial charge on any atom is 0.341 e. The number of anilines is 2. The molecule has 1 aliphatic rings. The average Bonchev–Trinajstić information content (AvgIpc) is 3.07. The molecule has 0 saturated carbocycles. The number of benzene rings is 1. The molecule has 0 unspecified atom stereocenters. The third kappa shape index (κ3) is 4.65. The second-order valence-electron chi connectivity index (χ2n) is 6.43. The van der Waals surface area contributed by atoms with Crippen LogP contribution >= 0.6 is 0 Å². The number of nitrogens with one attached hydrogen (secondary N) is 1. The summed E-state index contributed by atoms with van der Waals surface area (Å²) in [6.45, 7) is 4.45. The molecule has 8 nitrogen and oxygen atoms in total. The molecule has 2 heterocycles. The smallest absolute Gasteiger partial charge is 0.341 e. The highest BCUT2D eigenvalue weighted by molar-refractivity contribution is 7.91. The van der Waals surface area contributed by atoms with E-state index in [9.17, 15) is 22.0 Å². The van der Waals surface area contributed by atoms with E-state index in [1.807, 2.05) is 9.80 Å². The summed E-state index contributed by atoms with van der Waals surface area (Å²) in [5, 5.41) is 6.38. The number of carbonyl (C=O) groups is 1. The number of carbonyl (C=O) groups excluding carboxylic acids is 1. The van der Waals surface area contributed by atoms with E-state index < -0.39 is 20.5 Å². The molecule has 152 valence electrons. The number of alkyl halides is 2. The van der Waals surface area contributed by atoms with Crippen molar-refractivity contribution >= 4 is 27.2 Å². The summed E-state index contributed by atoms with van der Waals surface area (Å²) in [5.41, 5.74) is 0.746. The van der Waals surface area contributed by atoms with E-state index in [0.717, 1.165) is 5.69 Å². The molecule has 1 fully saturated rings. The van der Waals surface area contributed by atoms with Crippen molar-refractivity contribution in [2.24, 2.45) is 0 Å². The summed E-state index contributed by atoms with van der Waals surface area (Å²) in [6.07, 6.45) is 0. The molecule has 1 amide bonds. The summed E-state index contributed by atoms with van der Waals surface area (Å²) in [5.74, 6) is -2.64. The average molecular weight is 414 g/mol. The molecule has 1 aliphatic heterocycles. The van der Waals surface area contributed by atoms with Gasteiger partial charge in [0.25, 0.3) is 0 Å². The standard InChI is InChI=1S/C17H20F2N4O4S/c1-12-10-15(21-27-12)20-16(24)11-22-6-8-23(9-7-22)13-2-4-14(5-3-13)28(25,26)17(18)19/h2-5,10,17H,6-9,11H2,1H3,(H,20,21,24). The number of aryl methyl sites for hydroxylation is 1. The lowest BCUT2D eigenvalue weighted by Gasteiger charge is -2.35. The van der Waals surface area contributed by atoms with Gasteiger partial charge in [-0.15, -0.1) is 0 Å². The first-order valence-corrected chi connectivity index (χ1v) is 10.1. The van der Waals surface area contributed by atoms with E-state index >= 15 is 0 Å². The Morgan fingerprint density at radius 3 is 2.39 bits per heavy atom. The number of rotatable bonds is 6. The Balaban J connectivity index is 1.51. The van der Waals surface area contributed by atoms with Crippen LogP contribution in [0, 0.1) is 6.92 Å². The van der Waals surface area contributed by atoms with Gasteiger partial charge in [-0.1, -0.05) is 5.16 Å². The Hall–Kier alpha value is -2.53. The van der Waals surface area contributed by atoms with Crippen LogP contribution in [0.3, 0.4) is 0 Å². The number of halogens is 2. The number of piperazine rings is 1. The van der Waals surface area contributed by atoms with Gasteiger partial charge >= 0.3 is 5.76 Å². The zero-order valence-corrected chi connectivity index (χ0v) is 16.0. The summed E-state index contributed by atoms with van der Waals surface area (Å²) in [7, 11) is -4.59. The van der Waals surface area contributed by atoms with Crippen molar-refractivity contribution < 1.29 is 26.5 Å². The zero-order valence-electron chi connectivity index (χ0n) is 15.1. The Morgan fingerprint density at radius 1 is 1.21 bits per heavy atom. The molecule has 28 heavy (non-hydrogen) atoms. The van der Waals surface area contributed by atoms with Gasteiger partial charge in [0.05, 0.1) is 11.4 Å². The van der Waals surface area contributed by atoms with Crippen molar-refractivity contribution in [1.29, 1.82) is 0 Å². The van der Waals surface area contributed by atoms with Crippen molar-refractivity contribution in [2.75, 3.05) is 42.9 Å². The molecule has 1 saturated heterocycles. The third-order valence-corrected chi connectivity index (χ3v) is 5.80. The minimum absolute atomic E-state index is 0.191. The quantitative estimate of drug-likeness (QED) is 0.769. The molecule has 2 aromatic rings. The van der Waals surface area contributed by atoms with Crippen LogP contribution in [-0.4, -0.2) is 62.9 Å². The topological polar surface area (TPSA) is 95.8 Å². The fourth-order valence-electron chi connectivity index (χ4n) is 2.92. The Morgan fingerprint density at radius 2 is 1.86 bits per heavy atom. The van der Waals surface area contributed by atoms with Crippen LogP contribution < -0.4 is 10.2 Å². The van der Waals surface area contributed by atoms with Gasteiger partial charge in [0, 0.05) is 37.9 Å². The van der Waals surface area contributed by atoms with Crippen LogP contribution in [0.1, 0.15) is 5.76 Å². The predicted molar refractivity (Wildman–Crippen MR) is 98.2 cm³/mol. The number of aromatic nitrogens is 1. The predicted octanol–water partition coefficient (Wildman–Crippen LogP) is 1.74. The van der Waals surface area contributed by atoms with Crippen molar-refractivity contribution in [3.8, 4) is 0 Å². The minimum atomic E-state index is -4.59. The van der Waals surface area contributed by atoms with E-state index in [4.69, 9.17) is 4.52 Å². The van der Waals surface area contributed by atoms with Gasteiger partial charge in [-0.05, 0) is 31.2 Å². The van der Waals surface area contributed by atoms with E-state index in [2.05, 4.69) is 10.5 Å². The second-order valence-corrected chi connectivity index (χ2v) is 8.35. The van der Waals surface area contributed by atoms with E-state index in [0.29, 0.717) is 37.8 Å². The van der Waals surface area contributed by atoms with Crippen molar-refractivity contribution in [3.05, 3.63) is 36.1 Å². The van der Waals surface area contributed by atoms with E-state index in [1.165, 1.54) is 24.3 Å². The molecule has 0 bridgehead atoms. The number of hydrogen-bond donors (Lipinski definition) is 1. The number of hydrogen-bond acceptors (Lipinski definition) is 7. The molecular weight excluding hydrogens is 394 g/mol. The first-order valence-electron chi connectivity index (χ1n) is 8.58. The second kappa shape index (κ2) is 8.23. The molecule has 0 atom stereocenters. The molecule has 0 spiro atoms. The largest absolute Gasteiger partial charge is 0.369 e. The van der Waals surface area contributed by atoms with Gasteiger partial charge in [-0.2, -0.15) is 8.78 Å². The monoisotopic (exact) mass is 414 g/mol. The lowest BCUT2D eigenvalue weighted by Crippen LogP contribution is -2.48. The van der Waals surface area contributed by atoms with Crippen molar-refractivity contribution in [2.45, 2.75) is 17.6 Å². The number of sulfone groups is 1. The highest BCUT2D eigenvalue weighted by Crippen LogP contribution is 2.23. The maximum atomic E-state index is 12.6. The molecule has 1 aromatic heterocycles. The summed E-state index contributed by atoms with van der Waals surface area (Å²) in [6, 6.07) is 7.05. The van der Waals surface area contributed by atoms with Gasteiger partial charge in [0.1, 0.15) is 5.76 Å². The SMILES string of the molecule is Cc1cc(NC(=O)CN2CCN(c3ccc(S(=O)(=O)C(F)F)cc3)CC2)no1. The van der Waals surface area contributed by atoms with Crippen LogP contribution in [0.15, 0.2) is 39.8 Å². The van der Waals surface area contributed by atoms with Crippen LogP contribution in [-0.2, 0) is 14.6 Å².